The fourth-order valence-electron chi connectivity index (χ4n) is 4.04. The molecule has 7 nitrogen and oxygen atoms in total. The first kappa shape index (κ1) is 26.7. The third kappa shape index (κ3) is 6.90. The Labute approximate surface area is 222 Å². The summed E-state index contributed by atoms with van der Waals surface area (Å²) in [5, 5.41) is 0.600. The average Bonchev–Trinajstić information content (AvgIpc) is 3.18. The van der Waals surface area contributed by atoms with Gasteiger partial charge in [0, 0.05) is 10.6 Å². The van der Waals surface area contributed by atoms with Gasteiger partial charge in [-0.1, -0.05) is 61.7 Å². The molecule has 0 fully saturated rings. The molecule has 37 heavy (non-hydrogen) atoms. The molecular formula is C28H30ClN3O4S. The maximum Gasteiger partial charge on any atom is 0.264 e. The quantitative estimate of drug-likeness (QED) is 0.240. The zero-order chi connectivity index (χ0) is 26.4. The highest BCUT2D eigenvalue weighted by molar-refractivity contribution is 7.90. The maximum atomic E-state index is 12.7. The Morgan fingerprint density at radius 1 is 1.05 bits per heavy atom. The molecule has 0 aliphatic rings. The van der Waals surface area contributed by atoms with Crippen molar-refractivity contribution in [1.29, 1.82) is 0 Å². The summed E-state index contributed by atoms with van der Waals surface area (Å²) >= 11 is 6.62. The predicted octanol–water partition coefficient (Wildman–Crippen LogP) is 5.88. The van der Waals surface area contributed by atoms with Crippen molar-refractivity contribution in [2.24, 2.45) is 0 Å². The monoisotopic (exact) mass is 539 g/mol. The zero-order valence-electron chi connectivity index (χ0n) is 20.9. The summed E-state index contributed by atoms with van der Waals surface area (Å²) in [6.07, 6.45) is 2.21. The summed E-state index contributed by atoms with van der Waals surface area (Å²) in [6, 6.07) is 20.4. The first-order chi connectivity index (χ1) is 17.8. The lowest BCUT2D eigenvalue weighted by Crippen LogP contribution is -2.32. The number of sulfonamides is 1. The number of fused-ring (bicyclic) bond motifs is 1. The van der Waals surface area contributed by atoms with E-state index >= 15 is 0 Å². The lowest BCUT2D eigenvalue weighted by Gasteiger charge is -2.12. The van der Waals surface area contributed by atoms with Crippen molar-refractivity contribution in [3.8, 4) is 5.75 Å². The van der Waals surface area contributed by atoms with Crippen LogP contribution in [-0.4, -0.2) is 29.6 Å². The van der Waals surface area contributed by atoms with Gasteiger partial charge in [-0.05, 0) is 60.9 Å². The van der Waals surface area contributed by atoms with E-state index in [9.17, 15) is 13.2 Å². The van der Waals surface area contributed by atoms with Crippen molar-refractivity contribution in [2.45, 2.75) is 46.3 Å². The molecule has 0 bridgehead atoms. The van der Waals surface area contributed by atoms with E-state index in [-0.39, 0.29) is 11.3 Å². The predicted molar refractivity (Wildman–Crippen MR) is 147 cm³/mol. The molecular weight excluding hydrogens is 510 g/mol. The lowest BCUT2D eigenvalue weighted by atomic mass is 10.1. The number of ether oxygens (including phenoxy) is 1. The van der Waals surface area contributed by atoms with Crippen LogP contribution in [0.3, 0.4) is 0 Å². The fraction of sp³-hybridized carbons (Fsp3) is 0.286. The van der Waals surface area contributed by atoms with E-state index in [0.717, 1.165) is 41.1 Å². The van der Waals surface area contributed by atoms with Crippen molar-refractivity contribution >= 4 is 38.6 Å². The van der Waals surface area contributed by atoms with E-state index in [1.165, 1.54) is 0 Å². The number of aryl methyl sites for hydroxylation is 1. The van der Waals surface area contributed by atoms with Crippen LogP contribution in [-0.2, 0) is 23.2 Å². The smallest absolute Gasteiger partial charge is 0.264 e. The van der Waals surface area contributed by atoms with Crippen LogP contribution in [0.4, 0.5) is 0 Å². The van der Waals surface area contributed by atoms with Crippen molar-refractivity contribution in [1.82, 2.24) is 14.3 Å². The molecule has 0 spiro atoms. The van der Waals surface area contributed by atoms with Gasteiger partial charge >= 0.3 is 0 Å². The third-order valence-corrected chi connectivity index (χ3v) is 7.74. The van der Waals surface area contributed by atoms with Crippen LogP contribution in [0, 0.1) is 6.92 Å². The summed E-state index contributed by atoms with van der Waals surface area (Å²) in [5.74, 6) is 0.824. The van der Waals surface area contributed by atoms with Crippen LogP contribution < -0.4 is 9.46 Å². The minimum atomic E-state index is -3.69. The second-order valence-corrected chi connectivity index (χ2v) is 11.2. The van der Waals surface area contributed by atoms with Gasteiger partial charge in [0.25, 0.3) is 5.91 Å². The molecule has 0 atom stereocenters. The Kier molecular flexibility index (Phi) is 8.51. The van der Waals surface area contributed by atoms with Gasteiger partial charge in [-0.2, -0.15) is 0 Å². The summed E-state index contributed by atoms with van der Waals surface area (Å²) in [7, 11) is -3.69. The number of para-hydroxylation sites is 1. The van der Waals surface area contributed by atoms with Crippen LogP contribution >= 0.6 is 11.6 Å². The number of aromatic nitrogens is 2. The number of carbonyl (C=O) groups excluding carboxylic acids is 1. The Balaban J connectivity index is 1.51. The van der Waals surface area contributed by atoms with E-state index < -0.39 is 15.9 Å². The molecule has 3 aromatic carbocycles. The minimum absolute atomic E-state index is 0.0727. The van der Waals surface area contributed by atoms with Gasteiger partial charge in [0.1, 0.15) is 18.2 Å². The largest absolute Gasteiger partial charge is 0.489 e. The number of carbonyl (C=O) groups is 1. The van der Waals surface area contributed by atoms with Gasteiger partial charge in [-0.25, -0.2) is 18.1 Å². The number of halogens is 1. The molecule has 0 saturated heterocycles. The van der Waals surface area contributed by atoms with Crippen LogP contribution in [0.5, 0.6) is 5.75 Å². The van der Waals surface area contributed by atoms with Crippen LogP contribution in [0.2, 0.25) is 5.02 Å². The van der Waals surface area contributed by atoms with Gasteiger partial charge in [-0.15, -0.1) is 0 Å². The Bertz CT molecular complexity index is 1500. The molecule has 1 N–H and O–H groups in total. The van der Waals surface area contributed by atoms with E-state index in [1.54, 1.807) is 18.2 Å². The second kappa shape index (κ2) is 11.8. The van der Waals surface area contributed by atoms with Crippen molar-refractivity contribution in [3.05, 3.63) is 94.3 Å². The highest BCUT2D eigenvalue weighted by Crippen LogP contribution is 2.24. The number of nitrogens with zero attached hydrogens (tertiary/aromatic N) is 2. The summed E-state index contributed by atoms with van der Waals surface area (Å²) in [5.41, 5.74) is 3.53. The van der Waals surface area contributed by atoms with E-state index in [0.29, 0.717) is 30.1 Å². The highest BCUT2D eigenvalue weighted by Gasteiger charge is 2.18. The second-order valence-electron chi connectivity index (χ2n) is 8.93. The van der Waals surface area contributed by atoms with E-state index in [4.69, 9.17) is 16.3 Å². The molecule has 1 aromatic heterocycles. The number of imidazole rings is 1. The van der Waals surface area contributed by atoms with Gasteiger partial charge in [0.15, 0.2) is 0 Å². The maximum absolute atomic E-state index is 12.7. The normalized spacial score (nSPS) is 11.5. The molecule has 0 aliphatic carbocycles. The summed E-state index contributed by atoms with van der Waals surface area (Å²) in [4.78, 5) is 17.3. The standard InChI is InChI=1S/C28H30ClN3O4S/c1-3-4-8-15-37(34,35)31-28(33)22-13-14-26-27(17-22)32(20(2)30-26)18-23-12-11-21(16-25(23)29)19-36-24-9-6-5-7-10-24/h5-7,9-14,16-17H,3-4,8,15,18-19H2,1-2H3,(H,31,33). The number of nitrogens with one attached hydrogen (secondary N) is 1. The first-order valence-corrected chi connectivity index (χ1v) is 14.3. The SMILES string of the molecule is CCCCCS(=O)(=O)NC(=O)c1ccc2nc(C)n(Cc3ccc(COc4ccccc4)cc3Cl)c2c1. The number of hydrogen-bond acceptors (Lipinski definition) is 5. The summed E-state index contributed by atoms with van der Waals surface area (Å²) < 4.78 is 34.5. The molecule has 194 valence electrons. The molecule has 1 heterocycles. The molecule has 0 saturated carbocycles. The molecule has 0 radical (unpaired) electrons. The van der Waals surface area contributed by atoms with Gasteiger partial charge < -0.3 is 9.30 Å². The third-order valence-electron chi connectivity index (χ3n) is 6.06. The van der Waals surface area contributed by atoms with E-state index in [2.05, 4.69) is 9.71 Å². The Hall–Kier alpha value is -3.36. The van der Waals surface area contributed by atoms with Gasteiger partial charge in [0.05, 0.1) is 23.3 Å². The topological polar surface area (TPSA) is 90.3 Å². The molecule has 0 unspecified atom stereocenters. The number of benzene rings is 3. The van der Waals surface area contributed by atoms with Crippen molar-refractivity contribution < 1.29 is 17.9 Å². The van der Waals surface area contributed by atoms with E-state index in [1.807, 2.05) is 66.9 Å². The van der Waals surface area contributed by atoms with Crippen molar-refractivity contribution in [3.63, 3.8) is 0 Å². The van der Waals surface area contributed by atoms with Gasteiger partial charge in [-0.3, -0.25) is 4.79 Å². The molecule has 4 aromatic rings. The van der Waals surface area contributed by atoms with Gasteiger partial charge in [0.2, 0.25) is 10.0 Å². The molecule has 9 heteroatoms. The summed E-state index contributed by atoms with van der Waals surface area (Å²) in [6.45, 7) is 4.72. The Morgan fingerprint density at radius 3 is 2.57 bits per heavy atom. The average molecular weight is 540 g/mol. The molecule has 1 amide bonds. The fourth-order valence-corrected chi connectivity index (χ4v) is 5.39. The van der Waals surface area contributed by atoms with Crippen LogP contribution in [0.15, 0.2) is 66.7 Å². The Morgan fingerprint density at radius 2 is 1.84 bits per heavy atom. The number of amides is 1. The number of rotatable bonds is 11. The zero-order valence-corrected chi connectivity index (χ0v) is 22.5. The van der Waals surface area contributed by atoms with Crippen LogP contribution in [0.25, 0.3) is 11.0 Å². The molecule has 4 rings (SSSR count). The highest BCUT2D eigenvalue weighted by atomic mass is 35.5. The number of unbranched alkanes of at least 4 members (excludes halogenated alkanes) is 2. The van der Waals surface area contributed by atoms with Crippen LogP contribution in [0.1, 0.15) is 53.5 Å². The lowest BCUT2D eigenvalue weighted by molar-refractivity contribution is 0.0981. The molecule has 0 aliphatic heterocycles. The minimum Gasteiger partial charge on any atom is -0.489 e. The number of hydrogen-bond donors (Lipinski definition) is 1. The first-order valence-electron chi connectivity index (χ1n) is 12.2. The van der Waals surface area contributed by atoms with Crippen molar-refractivity contribution in [2.75, 3.05) is 5.75 Å².